The minimum atomic E-state index is -0.695. The van der Waals surface area contributed by atoms with Crippen LogP contribution < -0.4 is 16.4 Å². The number of carbonyl (C=O) groups is 2. The van der Waals surface area contributed by atoms with Crippen LogP contribution in [0.5, 0.6) is 0 Å². The number of nitrogens with zero attached hydrogens (tertiary/aromatic N) is 3. The van der Waals surface area contributed by atoms with Gasteiger partial charge in [0.25, 0.3) is 0 Å². The van der Waals surface area contributed by atoms with Crippen LogP contribution in [0.1, 0.15) is 41.9 Å². The molecule has 3 aromatic rings. The monoisotopic (exact) mass is 491 g/mol. The Hall–Kier alpha value is -3.79. The van der Waals surface area contributed by atoms with Crippen molar-refractivity contribution in [2.24, 2.45) is 5.92 Å². The normalized spacial score (nSPS) is 18.4. The zero-order chi connectivity index (χ0) is 25.1. The van der Waals surface area contributed by atoms with Gasteiger partial charge in [0.1, 0.15) is 10.8 Å². The van der Waals surface area contributed by atoms with Crippen molar-refractivity contribution >= 4 is 56.7 Å². The highest BCUT2D eigenvalue weighted by Crippen LogP contribution is 2.36. The van der Waals surface area contributed by atoms with Crippen LogP contribution in [0, 0.1) is 18.3 Å². The molecule has 0 bridgehead atoms. The number of anilines is 2. The first-order chi connectivity index (χ1) is 16.8. The summed E-state index contributed by atoms with van der Waals surface area (Å²) < 4.78 is 0.999. The van der Waals surface area contributed by atoms with E-state index in [9.17, 15) is 9.59 Å². The Morgan fingerprint density at radius 2 is 2.09 bits per heavy atom. The zero-order valence-corrected chi connectivity index (χ0v) is 20.8. The number of piperidine rings is 1. The van der Waals surface area contributed by atoms with Crippen LogP contribution >= 0.6 is 11.3 Å². The molecule has 5 N–H and O–H groups in total. The Labute approximate surface area is 208 Å². The molecule has 0 unspecified atom stereocenters. The fraction of sp³-hybridized carbons (Fsp3) is 0.320. The van der Waals surface area contributed by atoms with E-state index in [4.69, 9.17) is 16.1 Å². The van der Waals surface area contributed by atoms with Crippen LogP contribution in [0.3, 0.4) is 0 Å². The highest BCUT2D eigenvalue weighted by atomic mass is 32.1. The summed E-state index contributed by atoms with van der Waals surface area (Å²) >= 11 is 1.51. The van der Waals surface area contributed by atoms with E-state index in [0.29, 0.717) is 29.5 Å². The van der Waals surface area contributed by atoms with E-state index in [1.807, 2.05) is 18.2 Å². The van der Waals surface area contributed by atoms with Crippen molar-refractivity contribution in [3.8, 4) is 0 Å². The van der Waals surface area contributed by atoms with Gasteiger partial charge in [0.2, 0.25) is 0 Å². The number of aromatic nitrogens is 2. The van der Waals surface area contributed by atoms with Gasteiger partial charge in [0.15, 0.2) is 0 Å². The molecule has 3 heterocycles. The summed E-state index contributed by atoms with van der Waals surface area (Å²) in [4.78, 5) is 36.6. The molecule has 2 atom stereocenters. The quantitative estimate of drug-likeness (QED) is 0.317. The molecular weight excluding hydrogens is 462 g/mol. The number of pyridine rings is 1. The topological polar surface area (TPSA) is 137 Å². The zero-order valence-electron chi connectivity index (χ0n) is 20.0. The van der Waals surface area contributed by atoms with E-state index < -0.39 is 11.8 Å². The van der Waals surface area contributed by atoms with E-state index >= 15 is 0 Å². The molecule has 35 heavy (non-hydrogen) atoms. The SMILES string of the molecule is CN/C=C(\C=N)c1nc2cc([C@H]3CC[C@H](C)CN3C(=O)C(=O)Nc3cnc(N)c(C)c3)ccc2s1. The third-order valence-electron chi connectivity index (χ3n) is 6.15. The van der Waals surface area contributed by atoms with Gasteiger partial charge in [0, 0.05) is 31.6 Å². The molecule has 1 saturated heterocycles. The van der Waals surface area contributed by atoms with Crippen molar-refractivity contribution in [2.75, 3.05) is 24.6 Å². The summed E-state index contributed by atoms with van der Waals surface area (Å²) in [5.41, 5.74) is 9.37. The third kappa shape index (κ3) is 5.17. The number of nitrogens with one attached hydrogen (secondary N) is 3. The largest absolute Gasteiger partial charge is 0.393 e. The van der Waals surface area contributed by atoms with E-state index in [-0.39, 0.29) is 6.04 Å². The number of fused-ring (bicyclic) bond motifs is 1. The van der Waals surface area contributed by atoms with Crippen molar-refractivity contribution in [3.63, 3.8) is 0 Å². The number of rotatable bonds is 5. The second kappa shape index (κ2) is 10.2. The lowest BCUT2D eigenvalue weighted by molar-refractivity contribution is -0.146. The van der Waals surface area contributed by atoms with Crippen molar-refractivity contribution in [2.45, 2.75) is 32.7 Å². The van der Waals surface area contributed by atoms with Gasteiger partial charge in [-0.2, -0.15) is 0 Å². The number of hydrogen-bond acceptors (Lipinski definition) is 8. The van der Waals surface area contributed by atoms with E-state index in [1.54, 1.807) is 31.1 Å². The number of nitrogens with two attached hydrogens (primary N) is 1. The summed E-state index contributed by atoms with van der Waals surface area (Å²) in [5.74, 6) is -0.591. The number of thiazole rings is 1. The number of nitrogen functional groups attached to an aromatic ring is 1. The molecule has 0 saturated carbocycles. The number of benzene rings is 1. The maximum Gasteiger partial charge on any atom is 0.313 e. The number of hydrogen-bond donors (Lipinski definition) is 4. The first kappa shape index (κ1) is 24.3. The smallest absolute Gasteiger partial charge is 0.313 e. The van der Waals surface area contributed by atoms with E-state index in [1.165, 1.54) is 23.7 Å². The summed E-state index contributed by atoms with van der Waals surface area (Å²) in [6.45, 7) is 4.38. The van der Waals surface area contributed by atoms with Crippen LogP contribution in [0.2, 0.25) is 0 Å². The molecule has 182 valence electrons. The van der Waals surface area contributed by atoms with Gasteiger partial charge < -0.3 is 26.7 Å². The van der Waals surface area contributed by atoms with Crippen LogP contribution in [-0.4, -0.2) is 46.5 Å². The summed E-state index contributed by atoms with van der Waals surface area (Å²) in [6, 6.07) is 7.46. The number of allylic oxidation sites excluding steroid dienone is 1. The van der Waals surface area contributed by atoms with Crippen molar-refractivity contribution in [1.82, 2.24) is 20.2 Å². The average Bonchev–Trinajstić information content (AvgIpc) is 3.27. The number of likely N-dealkylation sites (tertiary alicyclic amines) is 1. The maximum absolute atomic E-state index is 13.3. The molecule has 1 aliphatic heterocycles. The van der Waals surface area contributed by atoms with Gasteiger partial charge in [-0.3, -0.25) is 9.59 Å². The van der Waals surface area contributed by atoms with E-state index in [2.05, 4.69) is 22.5 Å². The summed E-state index contributed by atoms with van der Waals surface area (Å²) in [7, 11) is 1.78. The van der Waals surface area contributed by atoms with Gasteiger partial charge >= 0.3 is 11.8 Å². The Morgan fingerprint density at radius 3 is 2.80 bits per heavy atom. The molecule has 1 aliphatic rings. The third-order valence-corrected chi connectivity index (χ3v) is 7.23. The summed E-state index contributed by atoms with van der Waals surface area (Å²) in [6.07, 6.45) is 6.18. The van der Waals surface area contributed by atoms with Crippen molar-refractivity contribution < 1.29 is 9.59 Å². The lowest BCUT2D eigenvalue weighted by Gasteiger charge is -2.38. The highest BCUT2D eigenvalue weighted by molar-refractivity contribution is 7.19. The maximum atomic E-state index is 13.3. The fourth-order valence-electron chi connectivity index (χ4n) is 4.29. The van der Waals surface area contributed by atoms with E-state index in [0.717, 1.165) is 39.2 Å². The second-order valence-electron chi connectivity index (χ2n) is 8.81. The van der Waals surface area contributed by atoms with Gasteiger partial charge in [-0.25, -0.2) is 9.97 Å². The van der Waals surface area contributed by atoms with Crippen molar-refractivity contribution in [1.29, 1.82) is 5.41 Å². The Morgan fingerprint density at radius 1 is 1.29 bits per heavy atom. The standard InChI is InChI=1S/C25H29N7O2S/c1-14-4-6-20(16-5-7-21-19(9-16)31-24(35-21)17(10-26)11-28-3)32(13-14)25(34)23(33)30-18-8-15(2)22(27)29-12-18/h5,7-12,14,20,26,28H,4,6,13H2,1-3H3,(H2,27,29)(H,30,33)/b17-11+,26-10?/t14-,20+/m0/s1. The van der Waals surface area contributed by atoms with Crippen LogP contribution in [0.15, 0.2) is 36.7 Å². The molecule has 2 aromatic heterocycles. The molecule has 0 aliphatic carbocycles. The lowest BCUT2D eigenvalue weighted by atomic mass is 9.89. The minimum Gasteiger partial charge on any atom is -0.393 e. The lowest BCUT2D eigenvalue weighted by Crippen LogP contribution is -2.46. The molecule has 4 rings (SSSR count). The van der Waals surface area contributed by atoms with Crippen molar-refractivity contribution in [3.05, 3.63) is 52.8 Å². The molecule has 0 radical (unpaired) electrons. The van der Waals surface area contributed by atoms with Crippen LogP contribution in [-0.2, 0) is 9.59 Å². The van der Waals surface area contributed by atoms with Gasteiger partial charge in [0.05, 0.1) is 28.1 Å². The Bertz CT molecular complexity index is 1320. The summed E-state index contributed by atoms with van der Waals surface area (Å²) in [5, 5.41) is 14.0. The Kier molecular flexibility index (Phi) is 7.11. The average molecular weight is 492 g/mol. The molecule has 10 heteroatoms. The number of carbonyl (C=O) groups excluding carboxylic acids is 2. The highest BCUT2D eigenvalue weighted by Gasteiger charge is 2.34. The molecule has 0 spiro atoms. The predicted octanol–water partition coefficient (Wildman–Crippen LogP) is 3.73. The first-order valence-electron chi connectivity index (χ1n) is 11.4. The first-order valence-corrected chi connectivity index (χ1v) is 12.2. The molecule has 2 amide bonds. The van der Waals surface area contributed by atoms with Gasteiger partial charge in [-0.1, -0.05) is 13.0 Å². The minimum absolute atomic E-state index is 0.222. The predicted molar refractivity (Wildman–Crippen MR) is 140 cm³/mol. The fourth-order valence-corrected chi connectivity index (χ4v) is 5.22. The molecular formula is C25H29N7O2S. The molecule has 9 nitrogen and oxygen atoms in total. The van der Waals surface area contributed by atoms with Crippen LogP contribution in [0.25, 0.3) is 15.8 Å². The number of amides is 2. The van der Waals surface area contributed by atoms with Gasteiger partial charge in [-0.05, 0) is 55.0 Å². The second-order valence-corrected chi connectivity index (χ2v) is 9.85. The van der Waals surface area contributed by atoms with Crippen LogP contribution in [0.4, 0.5) is 11.5 Å². The Balaban J connectivity index is 1.60. The number of aryl methyl sites for hydroxylation is 1. The molecule has 1 fully saturated rings. The van der Waals surface area contributed by atoms with Gasteiger partial charge in [-0.15, -0.1) is 11.3 Å². The molecule has 1 aromatic carbocycles.